The molecular weight excluding hydrogens is 379 g/mol. The zero-order chi connectivity index (χ0) is 14.2. The van der Waals surface area contributed by atoms with Crippen LogP contribution in [0.4, 0.5) is 4.39 Å². The van der Waals surface area contributed by atoms with Crippen molar-refractivity contribution in [3.8, 4) is 0 Å². The molecule has 1 aromatic heterocycles. The van der Waals surface area contributed by atoms with Gasteiger partial charge in [0, 0.05) is 12.6 Å². The number of nitrogens with zero attached hydrogens (tertiary/aromatic N) is 2. The Morgan fingerprint density at radius 2 is 2.05 bits per heavy atom. The van der Waals surface area contributed by atoms with Gasteiger partial charge in [-0.05, 0) is 44.8 Å². The normalized spacial score (nSPS) is 10.8. The Balaban J connectivity index is 2.34. The van der Waals surface area contributed by atoms with Crippen molar-refractivity contribution in [2.45, 2.75) is 13.3 Å². The highest BCUT2D eigenvalue weighted by Crippen LogP contribution is 2.25. The summed E-state index contributed by atoms with van der Waals surface area (Å²) in [4.78, 5) is 12.2. The molecule has 0 aliphatic heterocycles. The smallest absolute Gasteiger partial charge is 0.170 e. The van der Waals surface area contributed by atoms with Crippen LogP contribution in [0.15, 0.2) is 27.1 Å². The molecule has 0 amide bonds. The third-order valence-electron chi connectivity index (χ3n) is 2.84. The van der Waals surface area contributed by atoms with E-state index in [0.717, 1.165) is 15.9 Å². The molecule has 0 saturated heterocycles. The van der Waals surface area contributed by atoms with E-state index in [-0.39, 0.29) is 16.7 Å². The summed E-state index contributed by atoms with van der Waals surface area (Å²) in [6.07, 6.45) is 0.167. The van der Waals surface area contributed by atoms with Crippen molar-refractivity contribution >= 4 is 37.6 Å². The molecule has 0 radical (unpaired) electrons. The number of carbonyl (C=O) groups excluding carboxylic acids is 1. The number of halogens is 3. The van der Waals surface area contributed by atoms with Crippen molar-refractivity contribution in [3.63, 3.8) is 0 Å². The van der Waals surface area contributed by atoms with Crippen molar-refractivity contribution in [2.75, 3.05) is 0 Å². The lowest BCUT2D eigenvalue weighted by Gasteiger charge is -2.05. The third kappa shape index (κ3) is 2.79. The van der Waals surface area contributed by atoms with E-state index in [4.69, 9.17) is 0 Å². The zero-order valence-corrected chi connectivity index (χ0v) is 13.5. The molecule has 0 fully saturated rings. The van der Waals surface area contributed by atoms with E-state index in [9.17, 15) is 9.18 Å². The molecule has 1 aromatic carbocycles. The molecule has 0 atom stereocenters. The van der Waals surface area contributed by atoms with Crippen LogP contribution in [0.1, 0.15) is 21.7 Å². The highest BCUT2D eigenvalue weighted by molar-refractivity contribution is 9.10. The topological polar surface area (TPSA) is 34.9 Å². The summed E-state index contributed by atoms with van der Waals surface area (Å²) in [5.41, 5.74) is 1.94. The summed E-state index contributed by atoms with van der Waals surface area (Å²) in [6, 6.07) is 4.44. The van der Waals surface area contributed by atoms with E-state index in [1.165, 1.54) is 12.1 Å². The average Bonchev–Trinajstić information content (AvgIpc) is 2.59. The lowest BCUT2D eigenvalue weighted by Crippen LogP contribution is -2.09. The molecule has 6 heteroatoms. The Hall–Kier alpha value is -1.01. The van der Waals surface area contributed by atoms with Gasteiger partial charge >= 0.3 is 0 Å². The molecular formula is C13H11Br2FN2O. The van der Waals surface area contributed by atoms with Crippen molar-refractivity contribution in [3.05, 3.63) is 49.9 Å². The number of Topliss-reactive ketones (excluding diaryl/α,β-unsaturated/α-hetero) is 1. The first-order chi connectivity index (χ1) is 8.91. The lowest BCUT2D eigenvalue weighted by atomic mass is 10.1. The number of hydrogen-bond donors (Lipinski definition) is 0. The number of aryl methyl sites for hydroxylation is 2. The number of hydrogen-bond acceptors (Lipinski definition) is 2. The van der Waals surface area contributed by atoms with Gasteiger partial charge in [-0.25, -0.2) is 4.39 Å². The first-order valence-electron chi connectivity index (χ1n) is 5.57. The maximum Gasteiger partial charge on any atom is 0.170 e. The second-order valence-corrected chi connectivity index (χ2v) is 5.76. The van der Waals surface area contributed by atoms with Crippen LogP contribution in [0, 0.1) is 12.7 Å². The van der Waals surface area contributed by atoms with Crippen LogP contribution in [0.3, 0.4) is 0 Å². The van der Waals surface area contributed by atoms with Crippen molar-refractivity contribution in [2.24, 2.45) is 7.05 Å². The molecule has 0 unspecified atom stereocenters. The second-order valence-electron chi connectivity index (χ2n) is 4.17. The fourth-order valence-corrected chi connectivity index (χ4v) is 2.80. The zero-order valence-electron chi connectivity index (χ0n) is 10.4. The minimum Gasteiger partial charge on any atom is -0.294 e. The van der Waals surface area contributed by atoms with Crippen LogP contribution in [-0.4, -0.2) is 15.6 Å². The molecule has 0 N–H and O–H groups in total. The second kappa shape index (κ2) is 5.54. The van der Waals surface area contributed by atoms with Crippen LogP contribution in [0.2, 0.25) is 0 Å². The predicted octanol–water partition coefficient (Wildman–Crippen LogP) is 3.82. The quantitative estimate of drug-likeness (QED) is 0.748. The predicted molar refractivity (Wildman–Crippen MR) is 77.8 cm³/mol. The van der Waals surface area contributed by atoms with E-state index in [2.05, 4.69) is 37.0 Å². The van der Waals surface area contributed by atoms with Gasteiger partial charge in [0.2, 0.25) is 0 Å². The highest BCUT2D eigenvalue weighted by atomic mass is 79.9. The van der Waals surface area contributed by atoms with Gasteiger partial charge in [0.05, 0.1) is 26.8 Å². The summed E-state index contributed by atoms with van der Waals surface area (Å²) >= 11 is 6.52. The average molecular weight is 390 g/mol. The van der Waals surface area contributed by atoms with E-state index < -0.39 is 5.82 Å². The molecule has 2 rings (SSSR count). The van der Waals surface area contributed by atoms with Crippen molar-refractivity contribution in [1.29, 1.82) is 0 Å². The number of carbonyl (C=O) groups is 1. The molecule has 100 valence electrons. The number of rotatable bonds is 3. The van der Waals surface area contributed by atoms with E-state index in [1.807, 2.05) is 6.92 Å². The van der Waals surface area contributed by atoms with Gasteiger partial charge in [-0.2, -0.15) is 5.10 Å². The van der Waals surface area contributed by atoms with Crippen LogP contribution in [-0.2, 0) is 13.5 Å². The van der Waals surface area contributed by atoms with Gasteiger partial charge in [0.1, 0.15) is 5.82 Å². The first kappa shape index (κ1) is 14.4. The Morgan fingerprint density at radius 1 is 1.37 bits per heavy atom. The SMILES string of the molecule is Cc1nn(C)c(CC(=O)c2cccc(F)c2Br)c1Br. The van der Waals surface area contributed by atoms with E-state index in [0.29, 0.717) is 5.56 Å². The van der Waals surface area contributed by atoms with Gasteiger partial charge in [0.25, 0.3) is 0 Å². The number of ketones is 1. The summed E-state index contributed by atoms with van der Waals surface area (Å²) in [5.74, 6) is -0.596. The van der Waals surface area contributed by atoms with Crippen molar-refractivity contribution in [1.82, 2.24) is 9.78 Å². The van der Waals surface area contributed by atoms with Crippen LogP contribution >= 0.6 is 31.9 Å². The standard InChI is InChI=1S/C13H11Br2FN2O/c1-7-12(14)10(18(2)17-7)6-11(19)8-4-3-5-9(16)13(8)15/h3-5H,6H2,1-2H3. The monoisotopic (exact) mass is 388 g/mol. The van der Waals surface area contributed by atoms with E-state index >= 15 is 0 Å². The molecule has 3 nitrogen and oxygen atoms in total. The minimum absolute atomic E-state index is 0.157. The molecule has 0 aliphatic carbocycles. The van der Waals surface area contributed by atoms with Crippen LogP contribution in [0.25, 0.3) is 0 Å². The highest BCUT2D eigenvalue weighted by Gasteiger charge is 2.18. The summed E-state index contributed by atoms with van der Waals surface area (Å²) in [6.45, 7) is 1.86. The number of aromatic nitrogens is 2. The Bertz CT molecular complexity index is 652. The van der Waals surface area contributed by atoms with Crippen LogP contribution < -0.4 is 0 Å². The molecule has 0 bridgehead atoms. The molecule has 0 aliphatic rings. The summed E-state index contributed by atoms with van der Waals surface area (Å²) in [5, 5.41) is 4.23. The molecule has 0 saturated carbocycles. The van der Waals surface area contributed by atoms with Gasteiger partial charge in [-0.3, -0.25) is 9.48 Å². The fraction of sp³-hybridized carbons (Fsp3) is 0.231. The third-order valence-corrected chi connectivity index (χ3v) is 4.68. The minimum atomic E-state index is -0.439. The maximum atomic E-state index is 13.4. The summed E-state index contributed by atoms with van der Waals surface area (Å²) < 4.78 is 16.1. The Labute approximate surface area is 127 Å². The molecule has 19 heavy (non-hydrogen) atoms. The lowest BCUT2D eigenvalue weighted by molar-refractivity contribution is 0.0989. The largest absolute Gasteiger partial charge is 0.294 e. The maximum absolute atomic E-state index is 13.4. The van der Waals surface area contributed by atoms with Crippen LogP contribution in [0.5, 0.6) is 0 Å². The van der Waals surface area contributed by atoms with E-state index in [1.54, 1.807) is 17.8 Å². The van der Waals surface area contributed by atoms with Crippen molar-refractivity contribution < 1.29 is 9.18 Å². The Morgan fingerprint density at radius 3 is 2.63 bits per heavy atom. The van der Waals surface area contributed by atoms with Gasteiger partial charge in [-0.1, -0.05) is 12.1 Å². The first-order valence-corrected chi connectivity index (χ1v) is 7.15. The van der Waals surface area contributed by atoms with Gasteiger partial charge < -0.3 is 0 Å². The Kier molecular flexibility index (Phi) is 4.20. The molecule has 0 spiro atoms. The number of benzene rings is 1. The fourth-order valence-electron chi connectivity index (χ4n) is 1.84. The van der Waals surface area contributed by atoms with Gasteiger partial charge in [-0.15, -0.1) is 0 Å². The molecule has 2 aromatic rings. The molecule has 1 heterocycles. The van der Waals surface area contributed by atoms with Gasteiger partial charge in [0.15, 0.2) is 5.78 Å². The summed E-state index contributed by atoms with van der Waals surface area (Å²) in [7, 11) is 1.78.